The summed E-state index contributed by atoms with van der Waals surface area (Å²) < 4.78 is 6.28. The number of nitrogens with zero attached hydrogens (tertiary/aromatic N) is 1. The van der Waals surface area contributed by atoms with E-state index in [1.165, 1.54) is 12.1 Å². The van der Waals surface area contributed by atoms with Crippen molar-refractivity contribution >= 4 is 21.6 Å². The monoisotopic (exact) mass is 336 g/mol. The molecule has 104 valence electrons. The van der Waals surface area contributed by atoms with Crippen molar-refractivity contribution in [3.63, 3.8) is 0 Å². The normalized spacial score (nSPS) is 10.3. The number of non-ortho nitro benzene ring substituents is 1. The zero-order valence-electron chi connectivity index (χ0n) is 10.8. The molecule has 0 aliphatic rings. The predicted molar refractivity (Wildman–Crippen MR) is 80.1 cm³/mol. The first kappa shape index (κ1) is 14.5. The third-order valence-electron chi connectivity index (χ3n) is 2.63. The number of rotatable bonds is 5. The van der Waals surface area contributed by atoms with Crippen molar-refractivity contribution in [3.8, 4) is 11.5 Å². The van der Waals surface area contributed by atoms with Crippen LogP contribution in [0.4, 0.5) is 5.69 Å². The maximum atomic E-state index is 10.7. The molecule has 0 saturated carbocycles. The van der Waals surface area contributed by atoms with Gasteiger partial charge in [-0.3, -0.25) is 10.1 Å². The number of nitro groups is 1. The molecular formula is C14H13BrN2O3. The van der Waals surface area contributed by atoms with Gasteiger partial charge in [-0.15, -0.1) is 0 Å². The van der Waals surface area contributed by atoms with Crippen molar-refractivity contribution in [2.45, 2.75) is 6.54 Å². The number of nitro benzene ring substituents is 1. The molecule has 1 N–H and O–H groups in total. The first-order valence-electron chi connectivity index (χ1n) is 5.95. The van der Waals surface area contributed by atoms with E-state index < -0.39 is 4.92 Å². The molecule has 0 aliphatic carbocycles. The van der Waals surface area contributed by atoms with Gasteiger partial charge in [0.1, 0.15) is 11.5 Å². The molecule has 0 fully saturated rings. The average molecular weight is 337 g/mol. The van der Waals surface area contributed by atoms with E-state index in [0.29, 0.717) is 16.0 Å². The first-order valence-corrected chi connectivity index (χ1v) is 6.75. The average Bonchev–Trinajstić information content (AvgIpc) is 2.42. The minimum atomic E-state index is -0.442. The highest BCUT2D eigenvalue weighted by Gasteiger charge is 2.10. The fourth-order valence-corrected chi connectivity index (χ4v) is 2.18. The molecule has 0 radical (unpaired) electrons. The van der Waals surface area contributed by atoms with Crippen LogP contribution in [0.15, 0.2) is 46.9 Å². The minimum absolute atomic E-state index is 0.0214. The van der Waals surface area contributed by atoms with Crippen molar-refractivity contribution in [1.29, 1.82) is 0 Å². The van der Waals surface area contributed by atoms with Crippen LogP contribution in [0.1, 0.15) is 5.56 Å². The van der Waals surface area contributed by atoms with Gasteiger partial charge in [-0.05, 0) is 46.7 Å². The molecule has 0 heterocycles. The molecule has 2 aromatic carbocycles. The van der Waals surface area contributed by atoms with Gasteiger partial charge in [0.25, 0.3) is 5.69 Å². The largest absolute Gasteiger partial charge is 0.456 e. The molecule has 2 aromatic rings. The summed E-state index contributed by atoms with van der Waals surface area (Å²) in [7, 11) is 1.88. The third-order valence-corrected chi connectivity index (χ3v) is 3.25. The molecule has 0 saturated heterocycles. The molecule has 0 spiro atoms. The molecule has 0 aromatic heterocycles. The summed E-state index contributed by atoms with van der Waals surface area (Å²) in [6.45, 7) is 0.749. The van der Waals surface area contributed by atoms with Crippen molar-refractivity contribution < 1.29 is 9.66 Å². The summed E-state index contributed by atoms with van der Waals surface area (Å²) in [5.41, 5.74) is 1.12. The fourth-order valence-electron chi connectivity index (χ4n) is 1.74. The molecule has 0 amide bonds. The first-order chi connectivity index (χ1) is 9.60. The lowest BCUT2D eigenvalue weighted by Gasteiger charge is -2.09. The SMILES string of the molecule is CNCc1cccc(Oc2ccc([N+](=O)[O-])cc2Br)c1. The van der Waals surface area contributed by atoms with Gasteiger partial charge in [0.2, 0.25) is 0 Å². The minimum Gasteiger partial charge on any atom is -0.456 e. The molecule has 0 unspecified atom stereocenters. The van der Waals surface area contributed by atoms with Crippen LogP contribution in [0, 0.1) is 10.1 Å². The van der Waals surface area contributed by atoms with Crippen molar-refractivity contribution in [1.82, 2.24) is 5.32 Å². The van der Waals surface area contributed by atoms with Gasteiger partial charge in [-0.2, -0.15) is 0 Å². The van der Waals surface area contributed by atoms with Crippen molar-refractivity contribution in [2.24, 2.45) is 0 Å². The quantitative estimate of drug-likeness (QED) is 0.664. The Hall–Kier alpha value is -1.92. The molecule has 5 nitrogen and oxygen atoms in total. The third kappa shape index (κ3) is 3.55. The number of halogens is 1. The second kappa shape index (κ2) is 6.49. The Balaban J connectivity index is 2.21. The van der Waals surface area contributed by atoms with Crippen LogP contribution in [0.25, 0.3) is 0 Å². The zero-order chi connectivity index (χ0) is 14.5. The molecule has 20 heavy (non-hydrogen) atoms. The molecule has 6 heteroatoms. The van der Waals surface area contributed by atoms with Gasteiger partial charge in [0.05, 0.1) is 9.40 Å². The standard InChI is InChI=1S/C14H13BrN2O3/c1-16-9-10-3-2-4-12(7-10)20-14-6-5-11(17(18)19)8-13(14)15/h2-8,16H,9H2,1H3. The summed E-state index contributed by atoms with van der Waals surface area (Å²) >= 11 is 3.28. The number of hydrogen-bond donors (Lipinski definition) is 1. The zero-order valence-corrected chi connectivity index (χ0v) is 12.4. The van der Waals surface area contributed by atoms with E-state index in [0.717, 1.165) is 12.1 Å². The summed E-state index contributed by atoms with van der Waals surface area (Å²) in [6, 6.07) is 12.1. The van der Waals surface area contributed by atoms with Crippen LogP contribution >= 0.6 is 15.9 Å². The van der Waals surface area contributed by atoms with E-state index in [2.05, 4.69) is 21.2 Å². The number of ether oxygens (including phenoxy) is 1. The lowest BCUT2D eigenvalue weighted by atomic mass is 10.2. The molecule has 0 aliphatic heterocycles. The van der Waals surface area contributed by atoms with Crippen LogP contribution in [0.5, 0.6) is 11.5 Å². The fraction of sp³-hybridized carbons (Fsp3) is 0.143. The predicted octanol–water partition coefficient (Wildman–Crippen LogP) is 3.87. The Labute approximate surface area is 124 Å². The second-order valence-corrected chi connectivity index (χ2v) is 5.01. The summed E-state index contributed by atoms with van der Waals surface area (Å²) in [5.74, 6) is 1.23. The van der Waals surface area contributed by atoms with Crippen LogP contribution in [0.2, 0.25) is 0 Å². The Morgan fingerprint density at radius 3 is 2.75 bits per heavy atom. The van der Waals surface area contributed by atoms with Crippen LogP contribution in [-0.2, 0) is 6.54 Å². The highest BCUT2D eigenvalue weighted by atomic mass is 79.9. The van der Waals surface area contributed by atoms with Crippen LogP contribution in [-0.4, -0.2) is 12.0 Å². The van der Waals surface area contributed by atoms with Gasteiger partial charge in [0.15, 0.2) is 0 Å². The Morgan fingerprint density at radius 1 is 1.30 bits per heavy atom. The van der Waals surface area contributed by atoms with E-state index in [-0.39, 0.29) is 5.69 Å². The number of benzene rings is 2. The lowest BCUT2D eigenvalue weighted by molar-refractivity contribution is -0.384. The number of nitrogens with one attached hydrogen (secondary N) is 1. The van der Waals surface area contributed by atoms with E-state index >= 15 is 0 Å². The van der Waals surface area contributed by atoms with Gasteiger partial charge in [-0.1, -0.05) is 12.1 Å². The second-order valence-electron chi connectivity index (χ2n) is 4.15. The summed E-state index contributed by atoms with van der Waals surface area (Å²) in [5, 5.41) is 13.7. The molecule has 0 bridgehead atoms. The maximum Gasteiger partial charge on any atom is 0.270 e. The summed E-state index contributed by atoms with van der Waals surface area (Å²) in [4.78, 5) is 10.2. The summed E-state index contributed by atoms with van der Waals surface area (Å²) in [6.07, 6.45) is 0. The highest BCUT2D eigenvalue weighted by molar-refractivity contribution is 9.10. The molecule has 0 atom stereocenters. The maximum absolute atomic E-state index is 10.7. The van der Waals surface area contributed by atoms with E-state index in [1.54, 1.807) is 6.07 Å². The lowest BCUT2D eigenvalue weighted by Crippen LogP contribution is -2.04. The van der Waals surface area contributed by atoms with E-state index in [4.69, 9.17) is 4.74 Å². The smallest absolute Gasteiger partial charge is 0.270 e. The Morgan fingerprint density at radius 2 is 2.10 bits per heavy atom. The van der Waals surface area contributed by atoms with E-state index in [9.17, 15) is 10.1 Å². The van der Waals surface area contributed by atoms with Gasteiger partial charge >= 0.3 is 0 Å². The van der Waals surface area contributed by atoms with Crippen molar-refractivity contribution in [2.75, 3.05) is 7.05 Å². The van der Waals surface area contributed by atoms with Crippen LogP contribution < -0.4 is 10.1 Å². The Bertz CT molecular complexity index is 632. The molecular weight excluding hydrogens is 324 g/mol. The van der Waals surface area contributed by atoms with Crippen molar-refractivity contribution in [3.05, 3.63) is 62.6 Å². The number of hydrogen-bond acceptors (Lipinski definition) is 4. The highest BCUT2D eigenvalue weighted by Crippen LogP contribution is 2.32. The van der Waals surface area contributed by atoms with Gasteiger partial charge in [-0.25, -0.2) is 0 Å². The van der Waals surface area contributed by atoms with Crippen LogP contribution in [0.3, 0.4) is 0 Å². The topological polar surface area (TPSA) is 64.4 Å². The van der Waals surface area contributed by atoms with Gasteiger partial charge < -0.3 is 10.1 Å². The van der Waals surface area contributed by atoms with E-state index in [1.807, 2.05) is 31.3 Å². The Kier molecular flexibility index (Phi) is 4.70. The molecule has 2 rings (SSSR count). The van der Waals surface area contributed by atoms with Gasteiger partial charge in [0, 0.05) is 18.7 Å².